The van der Waals surface area contributed by atoms with Gasteiger partial charge in [0.1, 0.15) is 17.7 Å². The molecular weight excluding hydrogens is 567 g/mol. The van der Waals surface area contributed by atoms with Crippen LogP contribution in [0.1, 0.15) is 28.0 Å². The van der Waals surface area contributed by atoms with E-state index in [4.69, 9.17) is 27.5 Å². The van der Waals surface area contributed by atoms with Crippen LogP contribution >= 0.6 is 11.6 Å². The van der Waals surface area contributed by atoms with E-state index >= 15 is 0 Å². The summed E-state index contributed by atoms with van der Waals surface area (Å²) in [6.07, 6.45) is 9.79. The van der Waals surface area contributed by atoms with Gasteiger partial charge in [-0.15, -0.1) is 11.6 Å². The Morgan fingerprint density at radius 3 is 2.73 bits per heavy atom. The first-order valence-corrected chi connectivity index (χ1v) is 14.6. The minimum Gasteiger partial charge on any atom is -0.593 e. The minimum absolute atomic E-state index is 0.00899. The first-order chi connectivity index (χ1) is 19.6. The van der Waals surface area contributed by atoms with Crippen molar-refractivity contribution in [2.75, 3.05) is 29.1 Å². The third-order valence-corrected chi connectivity index (χ3v) is 8.12. The summed E-state index contributed by atoms with van der Waals surface area (Å²) in [6, 6.07) is 7.05. The summed E-state index contributed by atoms with van der Waals surface area (Å²) >= 11 is 4.87. The highest BCUT2D eigenvalue weighted by Crippen LogP contribution is 2.28. The van der Waals surface area contributed by atoms with Crippen molar-refractivity contribution >= 4 is 57.2 Å². The molecule has 5 N–H and O–H groups in total. The zero-order valence-electron chi connectivity index (χ0n) is 22.9. The summed E-state index contributed by atoms with van der Waals surface area (Å²) in [5, 5.41) is 8.41. The Hall–Kier alpha value is -3.80. The molecule has 3 unspecified atom stereocenters. The van der Waals surface area contributed by atoms with Gasteiger partial charge >= 0.3 is 0 Å². The monoisotopic (exact) mass is 598 g/mol. The summed E-state index contributed by atoms with van der Waals surface area (Å²) in [4.78, 5) is 22.5. The lowest BCUT2D eigenvalue weighted by Gasteiger charge is -2.24. The number of H-pyrrole nitrogens is 1. The van der Waals surface area contributed by atoms with Crippen LogP contribution in [0.3, 0.4) is 0 Å². The maximum Gasteiger partial charge on any atom is 0.214 e. The molecule has 2 aromatic heterocycles. The molecule has 0 saturated heterocycles. The minimum atomic E-state index is -1.43. The second-order valence-corrected chi connectivity index (χ2v) is 11.4. The largest absolute Gasteiger partial charge is 0.593 e. The fourth-order valence-corrected chi connectivity index (χ4v) is 5.50. The lowest BCUT2D eigenvalue weighted by atomic mass is 10.1. The lowest BCUT2D eigenvalue weighted by molar-refractivity contribution is 0.103. The summed E-state index contributed by atoms with van der Waals surface area (Å²) in [5.74, 6) is 0.200. The number of Topliss-reactive ketones (excluding diaryl/α,β-unsaturated/α-hetero) is 1. The van der Waals surface area contributed by atoms with Crippen LogP contribution in [0.4, 0.5) is 15.8 Å². The normalized spacial score (nSPS) is 17.7. The molecule has 1 aliphatic rings. The van der Waals surface area contributed by atoms with Crippen LogP contribution in [-0.2, 0) is 11.4 Å². The Balaban J connectivity index is 1.56. The van der Waals surface area contributed by atoms with Gasteiger partial charge in [0.2, 0.25) is 11.7 Å². The summed E-state index contributed by atoms with van der Waals surface area (Å²) in [6.45, 7) is 3.18. The molecule has 216 valence electrons. The van der Waals surface area contributed by atoms with E-state index in [0.717, 1.165) is 22.7 Å². The van der Waals surface area contributed by atoms with Crippen molar-refractivity contribution in [1.29, 1.82) is 5.41 Å². The van der Waals surface area contributed by atoms with E-state index in [2.05, 4.69) is 14.7 Å². The van der Waals surface area contributed by atoms with Gasteiger partial charge in [-0.1, -0.05) is 18.2 Å². The summed E-state index contributed by atoms with van der Waals surface area (Å²) in [5.41, 5.74) is 10.1. The quantitative estimate of drug-likeness (QED) is 0.0734. The van der Waals surface area contributed by atoms with Crippen molar-refractivity contribution in [3.63, 3.8) is 0 Å². The average Bonchev–Trinajstić information content (AvgIpc) is 3.36. The second-order valence-electron chi connectivity index (χ2n) is 9.57. The predicted octanol–water partition coefficient (Wildman–Crippen LogP) is 5.23. The van der Waals surface area contributed by atoms with Crippen molar-refractivity contribution < 1.29 is 18.5 Å². The molecule has 0 aliphatic heterocycles. The zero-order chi connectivity index (χ0) is 29.7. The smallest absolute Gasteiger partial charge is 0.214 e. The average molecular weight is 599 g/mol. The van der Waals surface area contributed by atoms with Crippen LogP contribution in [0.25, 0.3) is 10.9 Å². The van der Waals surface area contributed by atoms with Gasteiger partial charge in [0, 0.05) is 36.7 Å². The standard InChI is InChI=1S/C29H32ClFN6O3S/c1-17-11-19-13-24(35-23(19)14-22(17)36-41(39)10-6-9-31)28(38)20(15-32)29(33)37(3)25-16-34-27(12-18(25)2)40-26-8-5-4-7-21(26)30/h4-5,7-8,11-16,21,26,32,35-36H,6,9-10,33H2,1-3H3/b29-20+,32-15?. The fourth-order valence-electron chi connectivity index (χ4n) is 4.34. The van der Waals surface area contributed by atoms with Gasteiger partial charge in [0.25, 0.3) is 0 Å². The molecule has 0 fully saturated rings. The van der Waals surface area contributed by atoms with Crippen LogP contribution in [0.2, 0.25) is 0 Å². The number of aromatic amines is 1. The summed E-state index contributed by atoms with van der Waals surface area (Å²) in [7, 11) is 1.69. The highest BCUT2D eigenvalue weighted by molar-refractivity contribution is 7.92. The Bertz CT molecular complexity index is 1540. The maximum atomic E-state index is 13.5. The number of nitrogens with two attached hydrogens (primary N) is 1. The Labute approximate surface area is 246 Å². The highest BCUT2D eigenvalue weighted by atomic mass is 35.5. The maximum absolute atomic E-state index is 13.5. The van der Waals surface area contributed by atoms with E-state index in [1.807, 2.05) is 44.2 Å². The van der Waals surface area contributed by atoms with Crippen molar-refractivity contribution in [1.82, 2.24) is 9.97 Å². The number of aryl methyl sites for hydroxylation is 2. The van der Waals surface area contributed by atoms with Crippen molar-refractivity contribution in [2.45, 2.75) is 31.7 Å². The van der Waals surface area contributed by atoms with Crippen molar-refractivity contribution in [3.8, 4) is 5.88 Å². The number of hydrogen-bond donors (Lipinski definition) is 4. The predicted molar refractivity (Wildman–Crippen MR) is 164 cm³/mol. The van der Waals surface area contributed by atoms with E-state index in [1.54, 1.807) is 36.3 Å². The van der Waals surface area contributed by atoms with Gasteiger partial charge in [-0.3, -0.25) is 9.18 Å². The van der Waals surface area contributed by atoms with Crippen LogP contribution in [0.15, 0.2) is 66.2 Å². The van der Waals surface area contributed by atoms with E-state index < -0.39 is 23.8 Å². The number of ether oxygens (including phenoxy) is 1. The molecule has 2 heterocycles. The van der Waals surface area contributed by atoms with E-state index in [1.165, 1.54) is 0 Å². The number of nitrogens with one attached hydrogen (secondary N) is 3. The molecule has 3 atom stereocenters. The molecular formula is C29H32ClFN6O3S. The number of ketones is 1. The Morgan fingerprint density at radius 2 is 2.05 bits per heavy atom. The Kier molecular flexibility index (Phi) is 9.74. The Morgan fingerprint density at radius 1 is 1.29 bits per heavy atom. The number of nitrogens with zero attached hydrogens (tertiary/aromatic N) is 2. The molecule has 3 aromatic rings. The van der Waals surface area contributed by atoms with Gasteiger partial charge in [-0.05, 0) is 49.2 Å². The second kappa shape index (κ2) is 13.2. The molecule has 0 radical (unpaired) electrons. The highest BCUT2D eigenvalue weighted by Gasteiger charge is 2.22. The fraction of sp³-hybridized carbons (Fsp3) is 0.276. The molecule has 0 bridgehead atoms. The topological polar surface area (TPSA) is 143 Å². The molecule has 9 nitrogen and oxygen atoms in total. The van der Waals surface area contributed by atoms with Crippen molar-refractivity contribution in [2.24, 2.45) is 5.73 Å². The number of halogens is 2. The number of allylic oxidation sites excluding steroid dienone is 3. The number of carbonyl (C=O) groups is 1. The molecule has 12 heteroatoms. The lowest BCUT2D eigenvalue weighted by Crippen LogP contribution is -2.29. The van der Waals surface area contributed by atoms with E-state index in [9.17, 15) is 13.7 Å². The van der Waals surface area contributed by atoms with Crippen LogP contribution in [-0.4, -0.2) is 57.5 Å². The first kappa shape index (κ1) is 30.2. The number of rotatable bonds is 12. The number of anilines is 2. The third kappa shape index (κ3) is 6.92. The third-order valence-electron chi connectivity index (χ3n) is 6.62. The molecule has 0 saturated carbocycles. The van der Waals surface area contributed by atoms with Crippen LogP contribution < -0.4 is 20.1 Å². The molecule has 0 spiro atoms. The van der Waals surface area contributed by atoms with Gasteiger partial charge in [0.15, 0.2) is 0 Å². The van der Waals surface area contributed by atoms with Gasteiger partial charge in [-0.2, -0.15) is 0 Å². The van der Waals surface area contributed by atoms with Crippen molar-refractivity contribution in [3.05, 3.63) is 83.0 Å². The number of fused-ring (bicyclic) bond motifs is 1. The van der Waals surface area contributed by atoms with Crippen LogP contribution in [0.5, 0.6) is 5.88 Å². The number of benzene rings is 1. The van der Waals surface area contributed by atoms with E-state index in [-0.39, 0.29) is 40.7 Å². The SMILES string of the molecule is Cc1cc2cc(C(=O)/C(C=N)=C(\N)N(C)c3cnc(OC4C=CC=CC4Cl)cc3C)[nH]c2cc1N[S+]([O-])CCCF. The van der Waals surface area contributed by atoms with Gasteiger partial charge in [-0.25, -0.2) is 9.71 Å². The number of carbonyl (C=O) groups excluding carboxylic acids is 1. The molecule has 4 rings (SSSR count). The van der Waals surface area contributed by atoms with Gasteiger partial charge in [0.05, 0.1) is 52.3 Å². The number of aromatic nitrogens is 2. The number of hydrogen-bond acceptors (Lipinski definition) is 8. The van der Waals surface area contributed by atoms with Crippen LogP contribution in [0, 0.1) is 19.3 Å². The molecule has 41 heavy (non-hydrogen) atoms. The van der Waals surface area contributed by atoms with E-state index in [0.29, 0.717) is 22.8 Å². The molecule has 1 aromatic carbocycles. The molecule has 0 amide bonds. The zero-order valence-corrected chi connectivity index (χ0v) is 24.5. The first-order valence-electron chi connectivity index (χ1n) is 12.9. The van der Waals surface area contributed by atoms with Gasteiger partial charge < -0.3 is 30.3 Å². The molecule has 1 aliphatic carbocycles. The summed E-state index contributed by atoms with van der Waals surface area (Å²) < 4.78 is 33.4. The number of alkyl halides is 2. The number of pyridine rings is 1.